The average molecular weight is 337 g/mol. The lowest BCUT2D eigenvalue weighted by Gasteiger charge is -2.10. The Hall–Kier alpha value is -2.15. The van der Waals surface area contributed by atoms with Crippen molar-refractivity contribution < 1.29 is 4.92 Å². The van der Waals surface area contributed by atoms with Gasteiger partial charge in [0.15, 0.2) is 0 Å². The molecule has 0 atom stereocenters. The molecule has 0 saturated carbocycles. The number of pyridine rings is 1. The van der Waals surface area contributed by atoms with Crippen LogP contribution < -0.4 is 10.6 Å². The predicted octanol–water partition coefficient (Wildman–Crippen LogP) is 3.85. The van der Waals surface area contributed by atoms with E-state index in [0.717, 1.165) is 15.7 Å². The normalized spacial score (nSPS) is 10.2. The van der Waals surface area contributed by atoms with Crippen LogP contribution >= 0.6 is 15.9 Å². The Morgan fingerprint density at radius 1 is 1.25 bits per heavy atom. The van der Waals surface area contributed by atoms with Gasteiger partial charge in [-0.2, -0.15) is 0 Å². The van der Waals surface area contributed by atoms with Gasteiger partial charge in [-0.25, -0.2) is 4.98 Å². The molecule has 7 heteroatoms. The summed E-state index contributed by atoms with van der Waals surface area (Å²) >= 11 is 3.45. The largest absolute Gasteiger partial charge is 0.373 e. The van der Waals surface area contributed by atoms with Gasteiger partial charge in [0.25, 0.3) is 5.69 Å². The Kier molecular flexibility index (Phi) is 4.19. The second-order valence-electron chi connectivity index (χ2n) is 4.21. The maximum Gasteiger partial charge on any atom is 0.276 e. The van der Waals surface area contributed by atoms with Crippen LogP contribution in [0.25, 0.3) is 0 Å². The fourth-order valence-corrected chi connectivity index (χ4v) is 2.27. The Bertz CT molecular complexity index is 661. The molecule has 20 heavy (non-hydrogen) atoms. The highest BCUT2D eigenvalue weighted by molar-refractivity contribution is 9.10. The lowest BCUT2D eigenvalue weighted by molar-refractivity contribution is -0.384. The Labute approximate surface area is 124 Å². The van der Waals surface area contributed by atoms with Gasteiger partial charge >= 0.3 is 0 Å². The number of nitro groups is 1. The standard InChI is InChI=1S/C13H13BrN4O2/c1-8-3-4-11(10(14)5-8)16-13-7-9(18(19)20)6-12(15-2)17-13/h3-7H,1-2H3,(H2,15,16,17). The molecule has 1 aromatic heterocycles. The second kappa shape index (κ2) is 5.87. The molecule has 6 nitrogen and oxygen atoms in total. The Morgan fingerprint density at radius 3 is 2.55 bits per heavy atom. The summed E-state index contributed by atoms with van der Waals surface area (Å²) in [7, 11) is 1.66. The highest BCUT2D eigenvalue weighted by atomic mass is 79.9. The SMILES string of the molecule is CNc1cc([N+](=O)[O-])cc(Nc2ccc(C)cc2Br)n1. The third-order valence-corrected chi connectivity index (χ3v) is 3.32. The minimum atomic E-state index is -0.447. The summed E-state index contributed by atoms with van der Waals surface area (Å²) in [4.78, 5) is 14.7. The van der Waals surface area contributed by atoms with E-state index in [4.69, 9.17) is 0 Å². The molecule has 0 aliphatic heterocycles. The molecule has 0 fully saturated rings. The predicted molar refractivity (Wildman–Crippen MR) is 82.6 cm³/mol. The van der Waals surface area contributed by atoms with E-state index in [1.54, 1.807) is 7.05 Å². The van der Waals surface area contributed by atoms with Gasteiger partial charge in [-0.3, -0.25) is 10.1 Å². The first-order valence-corrected chi connectivity index (χ1v) is 6.66. The van der Waals surface area contributed by atoms with Gasteiger partial charge in [-0.1, -0.05) is 6.07 Å². The van der Waals surface area contributed by atoms with Gasteiger partial charge in [0.2, 0.25) is 0 Å². The lowest BCUT2D eigenvalue weighted by Crippen LogP contribution is -2.00. The van der Waals surface area contributed by atoms with E-state index in [-0.39, 0.29) is 5.69 Å². The summed E-state index contributed by atoms with van der Waals surface area (Å²) in [6, 6.07) is 8.57. The zero-order chi connectivity index (χ0) is 14.7. The van der Waals surface area contributed by atoms with Crippen molar-refractivity contribution in [2.75, 3.05) is 17.7 Å². The first-order chi connectivity index (χ1) is 9.49. The van der Waals surface area contributed by atoms with Crippen LogP contribution in [0.3, 0.4) is 0 Å². The summed E-state index contributed by atoms with van der Waals surface area (Å²) in [6.07, 6.45) is 0. The van der Waals surface area contributed by atoms with Crippen LogP contribution in [0.5, 0.6) is 0 Å². The molecule has 0 saturated heterocycles. The molecular formula is C13H13BrN4O2. The van der Waals surface area contributed by atoms with Crippen molar-refractivity contribution in [3.63, 3.8) is 0 Å². The van der Waals surface area contributed by atoms with E-state index in [1.165, 1.54) is 12.1 Å². The maximum atomic E-state index is 10.9. The highest BCUT2D eigenvalue weighted by Gasteiger charge is 2.11. The van der Waals surface area contributed by atoms with E-state index in [2.05, 4.69) is 31.5 Å². The van der Waals surface area contributed by atoms with E-state index in [9.17, 15) is 10.1 Å². The van der Waals surface area contributed by atoms with Crippen LogP contribution in [0.15, 0.2) is 34.8 Å². The van der Waals surface area contributed by atoms with Crippen molar-refractivity contribution in [1.82, 2.24) is 4.98 Å². The van der Waals surface area contributed by atoms with Crippen molar-refractivity contribution in [3.05, 3.63) is 50.5 Å². The third-order valence-electron chi connectivity index (χ3n) is 2.66. The van der Waals surface area contributed by atoms with Crippen LogP contribution in [-0.2, 0) is 0 Å². The molecule has 104 valence electrons. The van der Waals surface area contributed by atoms with Crippen molar-refractivity contribution in [2.45, 2.75) is 6.92 Å². The minimum Gasteiger partial charge on any atom is -0.373 e. The van der Waals surface area contributed by atoms with E-state index >= 15 is 0 Å². The highest BCUT2D eigenvalue weighted by Crippen LogP contribution is 2.28. The van der Waals surface area contributed by atoms with Gasteiger partial charge in [0, 0.05) is 11.5 Å². The van der Waals surface area contributed by atoms with Gasteiger partial charge in [0.1, 0.15) is 11.6 Å². The monoisotopic (exact) mass is 336 g/mol. The van der Waals surface area contributed by atoms with Gasteiger partial charge in [0.05, 0.1) is 22.7 Å². The molecule has 0 aliphatic rings. The fourth-order valence-electron chi connectivity index (χ4n) is 1.67. The number of halogens is 1. The van der Waals surface area contributed by atoms with Crippen LogP contribution in [0, 0.1) is 17.0 Å². The minimum absolute atomic E-state index is 0.0184. The number of anilines is 3. The van der Waals surface area contributed by atoms with E-state index in [1.807, 2.05) is 25.1 Å². The zero-order valence-electron chi connectivity index (χ0n) is 11.0. The van der Waals surface area contributed by atoms with Gasteiger partial charge in [-0.15, -0.1) is 0 Å². The number of nitrogens with zero attached hydrogens (tertiary/aromatic N) is 2. The number of benzene rings is 1. The number of aryl methyl sites for hydroxylation is 1. The molecule has 0 radical (unpaired) electrons. The molecular weight excluding hydrogens is 324 g/mol. The van der Waals surface area contributed by atoms with Gasteiger partial charge in [-0.05, 0) is 40.5 Å². The summed E-state index contributed by atoms with van der Waals surface area (Å²) < 4.78 is 0.872. The van der Waals surface area contributed by atoms with Crippen molar-refractivity contribution in [1.29, 1.82) is 0 Å². The van der Waals surface area contributed by atoms with Gasteiger partial charge < -0.3 is 10.6 Å². The van der Waals surface area contributed by atoms with Crippen LogP contribution in [0.4, 0.5) is 23.0 Å². The molecule has 1 heterocycles. The van der Waals surface area contributed by atoms with Crippen molar-refractivity contribution >= 4 is 38.9 Å². The third kappa shape index (κ3) is 3.24. The number of hydrogen-bond acceptors (Lipinski definition) is 5. The van der Waals surface area contributed by atoms with Crippen LogP contribution in [0.1, 0.15) is 5.56 Å². The molecule has 0 spiro atoms. The first-order valence-electron chi connectivity index (χ1n) is 5.87. The lowest BCUT2D eigenvalue weighted by atomic mass is 10.2. The molecule has 2 rings (SSSR count). The molecule has 0 bridgehead atoms. The molecule has 0 aliphatic carbocycles. The van der Waals surface area contributed by atoms with Crippen LogP contribution in [0.2, 0.25) is 0 Å². The van der Waals surface area contributed by atoms with Crippen molar-refractivity contribution in [2.24, 2.45) is 0 Å². The quantitative estimate of drug-likeness (QED) is 0.654. The Morgan fingerprint density at radius 2 is 1.95 bits per heavy atom. The average Bonchev–Trinajstić information content (AvgIpc) is 2.41. The Balaban J connectivity index is 2.37. The molecule has 2 N–H and O–H groups in total. The first kappa shape index (κ1) is 14.3. The van der Waals surface area contributed by atoms with Crippen molar-refractivity contribution in [3.8, 4) is 0 Å². The topological polar surface area (TPSA) is 80.1 Å². The second-order valence-corrected chi connectivity index (χ2v) is 5.07. The smallest absolute Gasteiger partial charge is 0.276 e. The maximum absolute atomic E-state index is 10.9. The van der Waals surface area contributed by atoms with E-state index in [0.29, 0.717) is 11.6 Å². The molecule has 1 aromatic carbocycles. The van der Waals surface area contributed by atoms with Crippen LogP contribution in [-0.4, -0.2) is 17.0 Å². The fraction of sp³-hybridized carbons (Fsp3) is 0.154. The van der Waals surface area contributed by atoms with E-state index < -0.39 is 4.92 Å². The number of nitrogens with one attached hydrogen (secondary N) is 2. The molecule has 0 amide bonds. The summed E-state index contributed by atoms with van der Waals surface area (Å²) in [5.41, 5.74) is 1.89. The number of aromatic nitrogens is 1. The molecule has 0 unspecified atom stereocenters. The number of hydrogen-bond donors (Lipinski definition) is 2. The summed E-state index contributed by atoms with van der Waals surface area (Å²) in [5.74, 6) is 0.845. The zero-order valence-corrected chi connectivity index (χ0v) is 12.6. The summed E-state index contributed by atoms with van der Waals surface area (Å²) in [6.45, 7) is 1.99. The molecule has 2 aromatic rings. The number of rotatable bonds is 4. The summed E-state index contributed by atoms with van der Waals surface area (Å²) in [5, 5.41) is 16.8.